The van der Waals surface area contributed by atoms with E-state index < -0.39 is 5.54 Å². The third-order valence-electron chi connectivity index (χ3n) is 3.95. The summed E-state index contributed by atoms with van der Waals surface area (Å²) in [5.41, 5.74) is 0.430. The summed E-state index contributed by atoms with van der Waals surface area (Å²) in [4.78, 5) is 17.1. The van der Waals surface area contributed by atoms with Gasteiger partial charge in [0.25, 0.3) is 5.91 Å². The van der Waals surface area contributed by atoms with Gasteiger partial charge in [0.2, 0.25) is 0 Å². The summed E-state index contributed by atoms with van der Waals surface area (Å²) >= 11 is 0. The lowest BCUT2D eigenvalue weighted by Crippen LogP contribution is -2.52. The first kappa shape index (κ1) is 13.8. The average Bonchev–Trinajstić information content (AvgIpc) is 3.02. The van der Waals surface area contributed by atoms with Gasteiger partial charge in [-0.3, -0.25) is 9.48 Å². The largest absolute Gasteiger partial charge is 0.317 e. The molecule has 2 aromatic rings. The van der Waals surface area contributed by atoms with Crippen LogP contribution in [0, 0.1) is 6.92 Å². The molecule has 1 fully saturated rings. The summed E-state index contributed by atoms with van der Waals surface area (Å²) < 4.78 is 1.78. The predicted octanol–water partition coefficient (Wildman–Crippen LogP) is 1.30. The number of hydrogen-bond acceptors (Lipinski definition) is 4. The number of aromatic nitrogens is 3. The summed E-state index contributed by atoms with van der Waals surface area (Å²) in [5, 5.41) is 10.5. The monoisotopic (exact) mass is 285 g/mol. The zero-order valence-corrected chi connectivity index (χ0v) is 12.0. The van der Waals surface area contributed by atoms with E-state index in [2.05, 4.69) is 20.7 Å². The van der Waals surface area contributed by atoms with Crippen molar-refractivity contribution >= 4 is 11.7 Å². The van der Waals surface area contributed by atoms with Crippen LogP contribution >= 0.6 is 0 Å². The number of pyridine rings is 1. The number of carbonyl (C=O) groups is 1. The lowest BCUT2D eigenvalue weighted by Gasteiger charge is -2.36. The average molecular weight is 285 g/mol. The highest BCUT2D eigenvalue weighted by Gasteiger charge is 2.42. The molecule has 110 valence electrons. The van der Waals surface area contributed by atoms with Crippen LogP contribution in [0.1, 0.15) is 18.4 Å². The highest BCUT2D eigenvalue weighted by molar-refractivity contribution is 5.96. The van der Waals surface area contributed by atoms with Crippen molar-refractivity contribution in [3.63, 3.8) is 0 Å². The van der Waals surface area contributed by atoms with Gasteiger partial charge in [0.1, 0.15) is 11.4 Å². The molecule has 0 atom stereocenters. The number of hydrogen-bond donors (Lipinski definition) is 2. The van der Waals surface area contributed by atoms with Crippen LogP contribution in [-0.4, -0.2) is 33.8 Å². The fourth-order valence-electron chi connectivity index (χ4n) is 2.76. The van der Waals surface area contributed by atoms with Gasteiger partial charge >= 0.3 is 0 Å². The normalized spacial score (nSPS) is 17.4. The van der Waals surface area contributed by atoms with Gasteiger partial charge in [-0.2, -0.15) is 5.10 Å². The van der Waals surface area contributed by atoms with E-state index in [1.807, 2.05) is 31.3 Å². The molecule has 0 radical (unpaired) electrons. The number of nitrogens with one attached hydrogen (secondary N) is 2. The van der Waals surface area contributed by atoms with Crippen molar-refractivity contribution in [1.82, 2.24) is 20.1 Å². The third-order valence-corrected chi connectivity index (χ3v) is 3.95. The maximum absolute atomic E-state index is 12.9. The van der Waals surface area contributed by atoms with Crippen LogP contribution in [0.4, 0.5) is 5.82 Å². The van der Waals surface area contributed by atoms with E-state index in [1.165, 1.54) is 0 Å². The van der Waals surface area contributed by atoms with Crippen molar-refractivity contribution in [2.24, 2.45) is 0 Å². The molecule has 6 nitrogen and oxygen atoms in total. The van der Waals surface area contributed by atoms with Crippen LogP contribution in [-0.2, 0) is 10.3 Å². The number of rotatable bonds is 3. The highest BCUT2D eigenvalue weighted by Crippen LogP contribution is 2.28. The molecular formula is C15H19N5O. The van der Waals surface area contributed by atoms with Gasteiger partial charge in [0.15, 0.2) is 0 Å². The van der Waals surface area contributed by atoms with Crippen LogP contribution in [0.5, 0.6) is 0 Å². The molecule has 1 aliphatic rings. The van der Waals surface area contributed by atoms with Crippen molar-refractivity contribution < 1.29 is 4.79 Å². The molecule has 0 saturated carbocycles. The minimum Gasteiger partial charge on any atom is -0.317 e. The van der Waals surface area contributed by atoms with E-state index >= 15 is 0 Å². The van der Waals surface area contributed by atoms with E-state index in [-0.39, 0.29) is 5.91 Å². The zero-order valence-electron chi connectivity index (χ0n) is 12.0. The second-order valence-corrected chi connectivity index (χ2v) is 5.40. The Morgan fingerprint density at radius 3 is 2.86 bits per heavy atom. The fourth-order valence-corrected chi connectivity index (χ4v) is 2.76. The fraction of sp³-hybridized carbons (Fsp3) is 0.400. The van der Waals surface area contributed by atoms with Crippen molar-refractivity contribution in [3.8, 4) is 0 Å². The predicted molar refractivity (Wildman–Crippen MR) is 79.9 cm³/mol. The maximum Gasteiger partial charge on any atom is 0.253 e. The van der Waals surface area contributed by atoms with Crippen LogP contribution in [0.2, 0.25) is 0 Å². The zero-order chi connectivity index (χ0) is 14.7. The van der Waals surface area contributed by atoms with E-state index in [0.29, 0.717) is 18.7 Å². The number of amides is 1. The Morgan fingerprint density at radius 1 is 1.38 bits per heavy atom. The quantitative estimate of drug-likeness (QED) is 0.892. The number of aryl methyl sites for hydroxylation is 1. The molecule has 0 unspecified atom stereocenters. The Kier molecular flexibility index (Phi) is 3.70. The van der Waals surface area contributed by atoms with E-state index in [9.17, 15) is 4.79 Å². The van der Waals surface area contributed by atoms with E-state index in [1.54, 1.807) is 17.1 Å². The van der Waals surface area contributed by atoms with Gasteiger partial charge in [-0.25, -0.2) is 4.98 Å². The van der Waals surface area contributed by atoms with E-state index in [0.717, 1.165) is 18.7 Å². The number of piperidine rings is 1. The summed E-state index contributed by atoms with van der Waals surface area (Å²) in [6.07, 6.45) is 6.70. The molecule has 1 aliphatic heterocycles. The second kappa shape index (κ2) is 5.65. The van der Waals surface area contributed by atoms with Crippen LogP contribution in [0.15, 0.2) is 36.8 Å². The van der Waals surface area contributed by atoms with Gasteiger partial charge in [0.05, 0.1) is 0 Å². The Labute approximate surface area is 123 Å². The molecule has 6 heteroatoms. The first-order valence-electron chi connectivity index (χ1n) is 7.16. The van der Waals surface area contributed by atoms with Crippen molar-refractivity contribution in [2.45, 2.75) is 25.3 Å². The summed E-state index contributed by atoms with van der Waals surface area (Å²) in [6, 6.07) is 5.63. The Bertz CT molecular complexity index is 617. The molecule has 0 aromatic carbocycles. The standard InChI is InChI=1S/C15H19N5O/c1-12-3-7-17-13(11-12)19-14(21)15(4-8-16-9-5-15)20-10-2-6-18-20/h2-3,6-7,10-11,16H,4-5,8-9H2,1H3,(H,17,19,21). The highest BCUT2D eigenvalue weighted by atomic mass is 16.2. The Balaban J connectivity index is 1.88. The third kappa shape index (κ3) is 2.67. The molecule has 21 heavy (non-hydrogen) atoms. The molecule has 2 N–H and O–H groups in total. The molecule has 3 rings (SSSR count). The number of anilines is 1. The lowest BCUT2D eigenvalue weighted by molar-refractivity contribution is -0.126. The summed E-state index contributed by atoms with van der Waals surface area (Å²) in [7, 11) is 0. The van der Waals surface area contributed by atoms with E-state index in [4.69, 9.17) is 0 Å². The smallest absolute Gasteiger partial charge is 0.253 e. The number of carbonyl (C=O) groups excluding carboxylic acids is 1. The maximum atomic E-state index is 12.9. The van der Waals surface area contributed by atoms with Gasteiger partial charge in [-0.05, 0) is 56.6 Å². The van der Waals surface area contributed by atoms with Crippen LogP contribution in [0.25, 0.3) is 0 Å². The van der Waals surface area contributed by atoms with Crippen molar-refractivity contribution in [2.75, 3.05) is 18.4 Å². The molecule has 0 aliphatic carbocycles. The van der Waals surface area contributed by atoms with Crippen molar-refractivity contribution in [3.05, 3.63) is 42.4 Å². The minimum absolute atomic E-state index is 0.0502. The second-order valence-electron chi connectivity index (χ2n) is 5.40. The summed E-state index contributed by atoms with van der Waals surface area (Å²) in [5.74, 6) is 0.538. The molecular weight excluding hydrogens is 266 g/mol. The lowest BCUT2D eigenvalue weighted by atomic mass is 9.87. The molecule has 1 amide bonds. The van der Waals surface area contributed by atoms with Gasteiger partial charge in [-0.1, -0.05) is 0 Å². The van der Waals surface area contributed by atoms with Crippen LogP contribution < -0.4 is 10.6 Å². The minimum atomic E-state index is -0.639. The molecule has 3 heterocycles. The van der Waals surface area contributed by atoms with Crippen molar-refractivity contribution in [1.29, 1.82) is 0 Å². The molecule has 1 saturated heterocycles. The van der Waals surface area contributed by atoms with Crippen LogP contribution in [0.3, 0.4) is 0 Å². The van der Waals surface area contributed by atoms with Gasteiger partial charge in [0, 0.05) is 18.6 Å². The first-order chi connectivity index (χ1) is 10.2. The number of nitrogens with zero attached hydrogens (tertiary/aromatic N) is 3. The van der Waals surface area contributed by atoms with Gasteiger partial charge in [-0.15, -0.1) is 0 Å². The molecule has 2 aromatic heterocycles. The SMILES string of the molecule is Cc1ccnc(NC(=O)C2(n3cccn3)CCNCC2)c1. The first-order valence-corrected chi connectivity index (χ1v) is 7.16. The Hall–Kier alpha value is -2.21. The topological polar surface area (TPSA) is 71.8 Å². The summed E-state index contributed by atoms with van der Waals surface area (Å²) in [6.45, 7) is 3.58. The van der Waals surface area contributed by atoms with Gasteiger partial charge < -0.3 is 10.6 Å². The molecule has 0 bridgehead atoms. The molecule has 0 spiro atoms. The Morgan fingerprint density at radius 2 is 2.19 bits per heavy atom.